The molecule has 12 nitrogen and oxygen atoms in total. The minimum absolute atomic E-state index is 0.0504. The predicted octanol–water partition coefficient (Wildman–Crippen LogP) is 3.88. The minimum Gasteiger partial charge on any atom is -0.406 e. The summed E-state index contributed by atoms with van der Waals surface area (Å²) in [7, 11) is 1.80. The number of rotatable bonds is 12. The molecular formula is C44H47N7O5. The maximum absolute atomic E-state index is 13.2. The van der Waals surface area contributed by atoms with Crippen molar-refractivity contribution in [2.75, 3.05) is 26.2 Å². The van der Waals surface area contributed by atoms with Crippen LogP contribution >= 0.6 is 0 Å². The molecule has 0 aliphatic carbocycles. The minimum atomic E-state index is -0.233. The Hall–Kier alpha value is -6.08. The second kappa shape index (κ2) is 18.5. The van der Waals surface area contributed by atoms with E-state index in [1.807, 2.05) is 97.1 Å². The van der Waals surface area contributed by atoms with Gasteiger partial charge in [0.2, 0.25) is 5.56 Å². The van der Waals surface area contributed by atoms with Crippen LogP contribution in [0.3, 0.4) is 0 Å². The van der Waals surface area contributed by atoms with Gasteiger partial charge in [-0.2, -0.15) is 0 Å². The van der Waals surface area contributed by atoms with Crippen LogP contribution in [0, 0.1) is 0 Å². The third-order valence-corrected chi connectivity index (χ3v) is 9.93. The van der Waals surface area contributed by atoms with Crippen molar-refractivity contribution < 1.29 is 9.68 Å². The summed E-state index contributed by atoms with van der Waals surface area (Å²) >= 11 is 0. The third kappa shape index (κ3) is 10.2. The maximum Gasteiger partial charge on any atom is 0.283 e. The van der Waals surface area contributed by atoms with Crippen molar-refractivity contribution in [3.63, 3.8) is 0 Å². The molecule has 0 saturated heterocycles. The fourth-order valence-electron chi connectivity index (χ4n) is 6.87. The van der Waals surface area contributed by atoms with E-state index >= 15 is 0 Å². The molecule has 1 aliphatic rings. The Morgan fingerprint density at radius 3 is 1.39 bits per heavy atom. The number of benzene rings is 2. The molecule has 0 saturated carbocycles. The largest absolute Gasteiger partial charge is 0.406 e. The average Bonchev–Trinajstić information content (AvgIpc) is 3.20. The second-order valence-electron chi connectivity index (χ2n) is 14.0. The van der Waals surface area contributed by atoms with E-state index in [4.69, 9.17) is 14.7 Å². The Kier molecular flexibility index (Phi) is 12.6. The fraction of sp³-hybridized carbons (Fsp3) is 0.273. The molecule has 288 valence electrons. The Morgan fingerprint density at radius 1 is 0.464 bits per heavy atom. The van der Waals surface area contributed by atoms with Gasteiger partial charge in [-0.25, -0.2) is 0 Å². The molecule has 0 spiro atoms. The summed E-state index contributed by atoms with van der Waals surface area (Å²) in [6, 6.07) is 41.4. The van der Waals surface area contributed by atoms with Crippen LogP contribution in [0.25, 0.3) is 0 Å². The molecule has 4 aromatic heterocycles. The van der Waals surface area contributed by atoms with E-state index in [1.165, 1.54) is 21.6 Å². The zero-order valence-electron chi connectivity index (χ0n) is 31.7. The summed E-state index contributed by atoms with van der Waals surface area (Å²) in [5, 5.41) is 0. The van der Waals surface area contributed by atoms with Crippen molar-refractivity contribution in [2.45, 2.75) is 45.9 Å². The molecule has 0 N–H and O–H groups in total. The van der Waals surface area contributed by atoms with Crippen molar-refractivity contribution in [1.29, 1.82) is 0 Å². The number of fused-ring (bicyclic) bond motifs is 2. The first-order chi connectivity index (χ1) is 27.4. The molecule has 0 unspecified atom stereocenters. The molecule has 0 amide bonds. The molecule has 2 bridgehead atoms. The first-order valence-electron chi connectivity index (χ1n) is 18.9. The number of hydrogen-bond donors (Lipinski definition) is 0. The molecular weight excluding hydrogens is 707 g/mol. The Balaban J connectivity index is 1.18. The van der Waals surface area contributed by atoms with Crippen LogP contribution in [0.1, 0.15) is 39.6 Å². The zero-order valence-corrected chi connectivity index (χ0v) is 31.7. The van der Waals surface area contributed by atoms with Crippen LogP contribution in [0.4, 0.5) is 0 Å². The van der Waals surface area contributed by atoms with E-state index in [9.17, 15) is 14.4 Å². The van der Waals surface area contributed by atoms with Crippen molar-refractivity contribution in [3.05, 3.63) is 204 Å². The van der Waals surface area contributed by atoms with Gasteiger partial charge in [0.25, 0.3) is 11.1 Å². The first-order valence-corrected chi connectivity index (χ1v) is 18.9. The van der Waals surface area contributed by atoms with Gasteiger partial charge in [-0.15, -0.1) is 9.46 Å². The van der Waals surface area contributed by atoms with Gasteiger partial charge in [-0.3, -0.25) is 34.1 Å². The quantitative estimate of drug-likeness (QED) is 0.184. The standard InChI is InChI=1S/C44H47N7O5/c1-46-39(18-9-21-42(46)52)30-48-26-24-47(31-40-19-10-22-43(53)50(40)55-33-35-12-4-2-5-13-35)25-27-49(29-38-17-8-16-37(28-48)45-38)32-41-20-11-23-44(54)51(41)56-34-36-14-6-3-7-15-36/h2-23H,24-34H2,1H3. The fourth-order valence-corrected chi connectivity index (χ4v) is 6.87. The smallest absolute Gasteiger partial charge is 0.283 e. The highest BCUT2D eigenvalue weighted by Gasteiger charge is 2.20. The number of pyridine rings is 4. The van der Waals surface area contributed by atoms with E-state index in [1.54, 1.807) is 35.9 Å². The molecule has 1 aliphatic heterocycles. The molecule has 2 aromatic carbocycles. The van der Waals surface area contributed by atoms with Crippen molar-refractivity contribution in [1.82, 2.24) is 33.7 Å². The summed E-state index contributed by atoms with van der Waals surface area (Å²) in [5.74, 6) is 0. The second-order valence-corrected chi connectivity index (χ2v) is 14.0. The van der Waals surface area contributed by atoms with E-state index in [0.29, 0.717) is 58.9 Å². The topological polar surface area (TPSA) is 107 Å². The Labute approximate surface area is 325 Å². The van der Waals surface area contributed by atoms with Crippen molar-refractivity contribution >= 4 is 0 Å². The normalized spacial score (nSPS) is 14.4. The van der Waals surface area contributed by atoms with Gasteiger partial charge in [0, 0.05) is 89.8 Å². The lowest BCUT2D eigenvalue weighted by Gasteiger charge is -2.32. The summed E-state index contributed by atoms with van der Waals surface area (Å²) in [6.07, 6.45) is 0. The number of aromatic nitrogens is 4. The van der Waals surface area contributed by atoms with Crippen LogP contribution in [0.5, 0.6) is 0 Å². The molecule has 5 heterocycles. The van der Waals surface area contributed by atoms with Gasteiger partial charge in [-0.05, 0) is 41.5 Å². The highest BCUT2D eigenvalue weighted by molar-refractivity contribution is 5.16. The van der Waals surface area contributed by atoms with Gasteiger partial charge >= 0.3 is 0 Å². The van der Waals surface area contributed by atoms with Crippen molar-refractivity contribution in [3.8, 4) is 0 Å². The van der Waals surface area contributed by atoms with Crippen LogP contribution < -0.4 is 26.4 Å². The highest BCUT2D eigenvalue weighted by atomic mass is 16.7. The van der Waals surface area contributed by atoms with Gasteiger partial charge in [0.15, 0.2) is 0 Å². The van der Waals surface area contributed by atoms with E-state index in [-0.39, 0.29) is 29.9 Å². The van der Waals surface area contributed by atoms with Crippen LogP contribution in [-0.2, 0) is 53.0 Å². The SMILES string of the molecule is Cn1c(CN2CCN(Cc3cccc(=O)n3OCc3ccccc3)CCN(Cc3cccc(=O)n3OCc3ccccc3)Cc3cccc(n3)C2)cccc1=O. The lowest BCUT2D eigenvalue weighted by Crippen LogP contribution is -2.42. The van der Waals surface area contributed by atoms with Crippen LogP contribution in [-0.4, -0.2) is 59.9 Å². The Bertz CT molecular complexity index is 2380. The van der Waals surface area contributed by atoms with Gasteiger partial charge in [-0.1, -0.05) is 84.9 Å². The van der Waals surface area contributed by atoms with E-state index < -0.39 is 0 Å². The highest BCUT2D eigenvalue weighted by Crippen LogP contribution is 2.15. The lowest BCUT2D eigenvalue weighted by molar-refractivity contribution is 0.0689. The third-order valence-electron chi connectivity index (χ3n) is 9.93. The molecule has 12 heteroatoms. The van der Waals surface area contributed by atoms with Gasteiger partial charge < -0.3 is 14.2 Å². The molecule has 0 fully saturated rings. The summed E-state index contributed by atoms with van der Waals surface area (Å²) < 4.78 is 4.49. The zero-order chi connectivity index (χ0) is 38.7. The maximum atomic E-state index is 13.2. The van der Waals surface area contributed by atoms with Crippen LogP contribution in [0.2, 0.25) is 0 Å². The monoisotopic (exact) mass is 753 g/mol. The summed E-state index contributed by atoms with van der Waals surface area (Å²) in [6.45, 7) is 5.67. The number of hydrogen-bond acceptors (Lipinski definition) is 9. The van der Waals surface area contributed by atoms with E-state index in [2.05, 4.69) is 14.7 Å². The molecule has 6 aromatic rings. The average molecular weight is 754 g/mol. The predicted molar refractivity (Wildman–Crippen MR) is 214 cm³/mol. The molecule has 0 radical (unpaired) electrons. The lowest BCUT2D eigenvalue weighted by atomic mass is 10.2. The van der Waals surface area contributed by atoms with Gasteiger partial charge in [0.1, 0.15) is 13.2 Å². The van der Waals surface area contributed by atoms with Crippen molar-refractivity contribution in [2.24, 2.45) is 7.05 Å². The summed E-state index contributed by atoms with van der Waals surface area (Å²) in [5.41, 5.74) is 5.62. The molecule has 7 rings (SSSR count). The van der Waals surface area contributed by atoms with Gasteiger partial charge in [0.05, 0.1) is 22.8 Å². The van der Waals surface area contributed by atoms with Crippen LogP contribution in [0.15, 0.2) is 148 Å². The summed E-state index contributed by atoms with van der Waals surface area (Å²) in [4.78, 5) is 63.1. The number of nitrogens with zero attached hydrogens (tertiary/aromatic N) is 7. The molecule has 0 atom stereocenters. The molecule has 56 heavy (non-hydrogen) atoms. The Morgan fingerprint density at radius 2 is 0.875 bits per heavy atom. The van der Waals surface area contributed by atoms with E-state index in [0.717, 1.165) is 39.6 Å². The first kappa shape index (κ1) is 38.2.